The molecule has 1 saturated heterocycles. The van der Waals surface area contributed by atoms with Gasteiger partial charge in [0.25, 0.3) is 0 Å². The van der Waals surface area contributed by atoms with E-state index in [1.807, 2.05) is 26.0 Å². The van der Waals surface area contributed by atoms with Crippen LogP contribution < -0.4 is 10.6 Å². The summed E-state index contributed by atoms with van der Waals surface area (Å²) in [5.74, 6) is 0.0695. The van der Waals surface area contributed by atoms with Gasteiger partial charge in [-0.25, -0.2) is 0 Å². The van der Waals surface area contributed by atoms with E-state index in [-0.39, 0.29) is 11.3 Å². The first-order chi connectivity index (χ1) is 8.51. The van der Waals surface area contributed by atoms with Crippen molar-refractivity contribution in [3.63, 3.8) is 0 Å². The molecule has 1 aromatic carbocycles. The lowest BCUT2D eigenvalue weighted by atomic mass is 9.82. The van der Waals surface area contributed by atoms with Crippen LogP contribution in [0.1, 0.15) is 25.3 Å². The van der Waals surface area contributed by atoms with Crippen molar-refractivity contribution >= 4 is 23.2 Å². The second kappa shape index (κ2) is 5.29. The van der Waals surface area contributed by atoms with Crippen LogP contribution in [0.5, 0.6) is 0 Å². The number of halogens is 1. The third kappa shape index (κ3) is 2.85. The van der Waals surface area contributed by atoms with E-state index in [0.29, 0.717) is 5.02 Å². The van der Waals surface area contributed by atoms with Gasteiger partial charge >= 0.3 is 0 Å². The molecule has 1 unspecified atom stereocenters. The zero-order valence-corrected chi connectivity index (χ0v) is 11.6. The van der Waals surface area contributed by atoms with Crippen molar-refractivity contribution in [2.75, 3.05) is 18.4 Å². The van der Waals surface area contributed by atoms with Gasteiger partial charge in [0.2, 0.25) is 5.91 Å². The van der Waals surface area contributed by atoms with E-state index < -0.39 is 0 Å². The zero-order valence-electron chi connectivity index (χ0n) is 10.8. The quantitative estimate of drug-likeness (QED) is 0.864. The third-order valence-electron chi connectivity index (χ3n) is 3.59. The second-order valence-electron chi connectivity index (χ2n) is 5.25. The molecule has 1 fully saturated rings. The Labute approximate surface area is 113 Å². The summed E-state index contributed by atoms with van der Waals surface area (Å²) in [5.41, 5.74) is 1.51. The normalized spacial score (nSPS) is 23.7. The summed E-state index contributed by atoms with van der Waals surface area (Å²) in [4.78, 5) is 12.4. The van der Waals surface area contributed by atoms with E-state index in [1.54, 1.807) is 6.07 Å². The maximum absolute atomic E-state index is 12.4. The zero-order chi connectivity index (χ0) is 13.2. The Hall–Kier alpha value is -1.06. The van der Waals surface area contributed by atoms with Gasteiger partial charge in [-0.15, -0.1) is 0 Å². The molecule has 18 heavy (non-hydrogen) atoms. The molecule has 0 bridgehead atoms. The van der Waals surface area contributed by atoms with Gasteiger partial charge in [0.1, 0.15) is 0 Å². The molecule has 0 aromatic heterocycles. The molecule has 3 nitrogen and oxygen atoms in total. The summed E-state index contributed by atoms with van der Waals surface area (Å²) < 4.78 is 0. The summed E-state index contributed by atoms with van der Waals surface area (Å²) in [6.07, 6.45) is 1.96. The van der Waals surface area contributed by atoms with Crippen molar-refractivity contribution in [2.45, 2.75) is 26.7 Å². The van der Waals surface area contributed by atoms with Gasteiger partial charge in [0, 0.05) is 17.3 Å². The fourth-order valence-corrected chi connectivity index (χ4v) is 2.42. The lowest BCUT2D eigenvalue weighted by Crippen LogP contribution is -2.46. The average Bonchev–Trinajstić information content (AvgIpc) is 2.35. The standard InChI is InChI=1S/C14H19ClN2O/c1-10-4-5-11(15)8-12(10)17-13(18)14(2)6-3-7-16-9-14/h4-5,8,16H,3,6-7,9H2,1-2H3,(H,17,18). The highest BCUT2D eigenvalue weighted by atomic mass is 35.5. The van der Waals surface area contributed by atoms with Crippen molar-refractivity contribution in [2.24, 2.45) is 5.41 Å². The Bertz CT molecular complexity index is 453. The number of aryl methyl sites for hydroxylation is 1. The lowest BCUT2D eigenvalue weighted by molar-refractivity contribution is -0.125. The molecule has 1 atom stereocenters. The number of amides is 1. The summed E-state index contributed by atoms with van der Waals surface area (Å²) >= 11 is 5.96. The van der Waals surface area contributed by atoms with E-state index in [0.717, 1.165) is 37.2 Å². The molecule has 98 valence electrons. The van der Waals surface area contributed by atoms with Gasteiger partial charge in [-0.05, 0) is 50.9 Å². The maximum atomic E-state index is 12.4. The summed E-state index contributed by atoms with van der Waals surface area (Å²) in [5, 5.41) is 6.92. The lowest BCUT2D eigenvalue weighted by Gasteiger charge is -2.32. The fourth-order valence-electron chi connectivity index (χ4n) is 2.25. The summed E-state index contributed by atoms with van der Waals surface area (Å²) in [6, 6.07) is 5.55. The highest BCUT2D eigenvalue weighted by molar-refractivity contribution is 6.31. The van der Waals surface area contributed by atoms with E-state index in [1.165, 1.54) is 0 Å². The maximum Gasteiger partial charge on any atom is 0.231 e. The van der Waals surface area contributed by atoms with Crippen LogP contribution in [0.3, 0.4) is 0 Å². The molecule has 1 heterocycles. The first-order valence-corrected chi connectivity index (χ1v) is 6.67. The molecular formula is C14H19ClN2O. The van der Waals surface area contributed by atoms with Crippen molar-refractivity contribution in [1.29, 1.82) is 0 Å². The highest BCUT2D eigenvalue weighted by Crippen LogP contribution is 2.28. The molecule has 0 radical (unpaired) electrons. The Morgan fingerprint density at radius 2 is 2.28 bits per heavy atom. The van der Waals surface area contributed by atoms with Crippen molar-refractivity contribution < 1.29 is 4.79 Å². The summed E-state index contributed by atoms with van der Waals surface area (Å²) in [7, 11) is 0. The topological polar surface area (TPSA) is 41.1 Å². The van der Waals surface area contributed by atoms with Crippen LogP contribution in [0.15, 0.2) is 18.2 Å². The number of hydrogen-bond donors (Lipinski definition) is 2. The van der Waals surface area contributed by atoms with Gasteiger partial charge < -0.3 is 10.6 Å². The van der Waals surface area contributed by atoms with Crippen molar-refractivity contribution in [3.8, 4) is 0 Å². The van der Waals surface area contributed by atoms with Gasteiger partial charge in [-0.2, -0.15) is 0 Å². The van der Waals surface area contributed by atoms with Gasteiger partial charge in [0.15, 0.2) is 0 Å². The first kappa shape index (κ1) is 13.4. The molecule has 1 amide bonds. The van der Waals surface area contributed by atoms with Crippen LogP contribution in [0.4, 0.5) is 5.69 Å². The molecule has 2 rings (SSSR count). The van der Waals surface area contributed by atoms with Gasteiger partial charge in [-0.3, -0.25) is 4.79 Å². The third-order valence-corrected chi connectivity index (χ3v) is 3.83. The van der Waals surface area contributed by atoms with Crippen LogP contribution >= 0.6 is 11.6 Å². The average molecular weight is 267 g/mol. The van der Waals surface area contributed by atoms with Crippen LogP contribution in [-0.2, 0) is 4.79 Å². The summed E-state index contributed by atoms with van der Waals surface area (Å²) in [6.45, 7) is 5.71. The second-order valence-corrected chi connectivity index (χ2v) is 5.69. The number of carbonyl (C=O) groups is 1. The number of rotatable bonds is 2. The van der Waals surface area contributed by atoms with Crippen LogP contribution in [0.2, 0.25) is 5.02 Å². The predicted molar refractivity (Wildman–Crippen MR) is 75.0 cm³/mol. The van der Waals surface area contributed by atoms with Gasteiger partial charge in [0.05, 0.1) is 5.41 Å². The van der Waals surface area contributed by atoms with Gasteiger partial charge in [-0.1, -0.05) is 17.7 Å². The molecular weight excluding hydrogens is 248 g/mol. The molecule has 4 heteroatoms. The minimum absolute atomic E-state index is 0.0695. The Kier molecular flexibility index (Phi) is 3.93. The molecule has 0 aliphatic carbocycles. The SMILES string of the molecule is Cc1ccc(Cl)cc1NC(=O)C1(C)CCCNC1. The van der Waals surface area contributed by atoms with E-state index in [4.69, 9.17) is 11.6 Å². The minimum atomic E-state index is -0.326. The molecule has 0 saturated carbocycles. The first-order valence-electron chi connectivity index (χ1n) is 6.30. The number of anilines is 1. The Balaban J connectivity index is 2.13. The number of carbonyl (C=O) groups excluding carboxylic acids is 1. The number of benzene rings is 1. The fraction of sp³-hybridized carbons (Fsp3) is 0.500. The van der Waals surface area contributed by atoms with E-state index in [2.05, 4.69) is 10.6 Å². The van der Waals surface area contributed by atoms with Crippen LogP contribution in [0, 0.1) is 12.3 Å². The van der Waals surface area contributed by atoms with Crippen LogP contribution in [-0.4, -0.2) is 19.0 Å². The minimum Gasteiger partial charge on any atom is -0.325 e. The Morgan fingerprint density at radius 1 is 1.50 bits per heavy atom. The predicted octanol–water partition coefficient (Wildman–Crippen LogP) is 2.98. The molecule has 0 spiro atoms. The van der Waals surface area contributed by atoms with E-state index >= 15 is 0 Å². The largest absolute Gasteiger partial charge is 0.325 e. The molecule has 1 aliphatic heterocycles. The molecule has 1 aliphatic rings. The monoisotopic (exact) mass is 266 g/mol. The highest BCUT2D eigenvalue weighted by Gasteiger charge is 2.34. The smallest absolute Gasteiger partial charge is 0.231 e. The van der Waals surface area contributed by atoms with Crippen molar-refractivity contribution in [1.82, 2.24) is 5.32 Å². The Morgan fingerprint density at radius 3 is 2.94 bits per heavy atom. The van der Waals surface area contributed by atoms with E-state index in [9.17, 15) is 4.79 Å². The molecule has 1 aromatic rings. The number of piperidine rings is 1. The van der Waals surface area contributed by atoms with Crippen LogP contribution in [0.25, 0.3) is 0 Å². The van der Waals surface area contributed by atoms with Crippen molar-refractivity contribution in [3.05, 3.63) is 28.8 Å². The molecule has 2 N–H and O–H groups in total. The number of hydrogen-bond acceptors (Lipinski definition) is 2. The number of nitrogens with one attached hydrogen (secondary N) is 2.